The molecule has 0 unspecified atom stereocenters. The zero-order chi connectivity index (χ0) is 15.6. The van der Waals surface area contributed by atoms with E-state index in [9.17, 15) is 9.59 Å². The van der Waals surface area contributed by atoms with Crippen molar-refractivity contribution in [2.75, 3.05) is 6.54 Å². The monoisotopic (exact) mass is 294 g/mol. The van der Waals surface area contributed by atoms with Gasteiger partial charge in [-0.3, -0.25) is 9.36 Å². The Kier molecular flexibility index (Phi) is 4.32. The van der Waals surface area contributed by atoms with Crippen molar-refractivity contribution < 1.29 is 9.53 Å². The maximum atomic E-state index is 12.2. The van der Waals surface area contributed by atoms with Gasteiger partial charge in [0.15, 0.2) is 0 Å². The van der Waals surface area contributed by atoms with E-state index < -0.39 is 5.60 Å². The highest BCUT2D eigenvalue weighted by atomic mass is 16.6. The van der Waals surface area contributed by atoms with E-state index in [2.05, 4.69) is 4.98 Å². The summed E-state index contributed by atoms with van der Waals surface area (Å²) < 4.78 is 6.98. The lowest BCUT2D eigenvalue weighted by Crippen LogP contribution is -2.37. The van der Waals surface area contributed by atoms with Crippen molar-refractivity contribution in [3.8, 4) is 0 Å². The number of nitrogens with two attached hydrogens (primary N) is 1. The smallest absolute Gasteiger partial charge is 0.410 e. The van der Waals surface area contributed by atoms with Gasteiger partial charge < -0.3 is 15.4 Å². The molecular weight excluding hydrogens is 272 g/mol. The number of hydrogen-bond acceptors (Lipinski definition) is 5. The summed E-state index contributed by atoms with van der Waals surface area (Å²) in [6.45, 7) is 7.03. The van der Waals surface area contributed by atoms with Crippen molar-refractivity contribution in [3.63, 3.8) is 0 Å². The molecule has 0 aliphatic carbocycles. The first-order valence-corrected chi connectivity index (χ1v) is 7.08. The van der Waals surface area contributed by atoms with Gasteiger partial charge in [0, 0.05) is 25.7 Å². The van der Waals surface area contributed by atoms with Gasteiger partial charge in [0.2, 0.25) is 0 Å². The summed E-state index contributed by atoms with van der Waals surface area (Å²) in [6.07, 6.45) is 0.304. The Bertz CT molecular complexity index is 589. The minimum atomic E-state index is -0.546. The molecule has 0 radical (unpaired) electrons. The van der Waals surface area contributed by atoms with Crippen LogP contribution in [0.15, 0.2) is 10.9 Å². The normalized spacial score (nSPS) is 15.3. The second kappa shape index (κ2) is 5.85. The molecule has 1 aromatic rings. The molecule has 0 atom stereocenters. The fourth-order valence-corrected chi connectivity index (χ4v) is 2.22. The Hall–Kier alpha value is -1.89. The number of carbonyl (C=O) groups excluding carboxylic acids is 1. The van der Waals surface area contributed by atoms with E-state index in [1.807, 2.05) is 20.8 Å². The predicted molar refractivity (Wildman–Crippen MR) is 77.6 cm³/mol. The van der Waals surface area contributed by atoms with Crippen LogP contribution in [0, 0.1) is 0 Å². The highest BCUT2D eigenvalue weighted by Gasteiger charge is 2.25. The molecule has 7 nitrogen and oxygen atoms in total. The van der Waals surface area contributed by atoms with Crippen LogP contribution in [-0.4, -0.2) is 32.7 Å². The largest absolute Gasteiger partial charge is 0.444 e. The first kappa shape index (κ1) is 15.5. The molecule has 1 aliphatic rings. The lowest BCUT2D eigenvalue weighted by molar-refractivity contribution is 0.0234. The average molecular weight is 294 g/mol. The van der Waals surface area contributed by atoms with Crippen LogP contribution in [0.3, 0.4) is 0 Å². The molecule has 1 aromatic heterocycles. The van der Waals surface area contributed by atoms with Gasteiger partial charge in [0.1, 0.15) is 11.4 Å². The molecule has 2 rings (SSSR count). The molecule has 1 amide bonds. The van der Waals surface area contributed by atoms with Crippen molar-refractivity contribution in [1.82, 2.24) is 14.5 Å². The number of fused-ring (bicyclic) bond motifs is 1. The Morgan fingerprint density at radius 1 is 1.43 bits per heavy atom. The SMILES string of the molecule is CC(C)(C)OC(=O)N1CCCn2c(nc(CN)cc2=O)C1. The van der Waals surface area contributed by atoms with Crippen molar-refractivity contribution in [2.24, 2.45) is 5.73 Å². The molecule has 21 heavy (non-hydrogen) atoms. The fraction of sp³-hybridized carbons (Fsp3) is 0.643. The molecule has 0 bridgehead atoms. The quantitative estimate of drug-likeness (QED) is 0.829. The third kappa shape index (κ3) is 3.81. The number of nitrogens with zero attached hydrogens (tertiary/aromatic N) is 3. The summed E-state index contributed by atoms with van der Waals surface area (Å²) in [4.78, 5) is 30.2. The van der Waals surface area contributed by atoms with Crippen molar-refractivity contribution >= 4 is 6.09 Å². The van der Waals surface area contributed by atoms with Crippen molar-refractivity contribution in [1.29, 1.82) is 0 Å². The minimum absolute atomic E-state index is 0.119. The molecule has 0 saturated carbocycles. The molecule has 1 aliphatic heterocycles. The zero-order valence-electron chi connectivity index (χ0n) is 12.8. The predicted octanol–water partition coefficient (Wildman–Crippen LogP) is 0.843. The third-order valence-corrected chi connectivity index (χ3v) is 3.14. The summed E-state index contributed by atoms with van der Waals surface area (Å²) in [6, 6.07) is 1.45. The van der Waals surface area contributed by atoms with E-state index in [-0.39, 0.29) is 24.7 Å². The van der Waals surface area contributed by atoms with E-state index in [4.69, 9.17) is 10.5 Å². The van der Waals surface area contributed by atoms with Gasteiger partial charge in [0.25, 0.3) is 5.56 Å². The zero-order valence-corrected chi connectivity index (χ0v) is 12.8. The number of hydrogen-bond donors (Lipinski definition) is 1. The Morgan fingerprint density at radius 3 is 2.76 bits per heavy atom. The van der Waals surface area contributed by atoms with E-state index in [0.29, 0.717) is 31.0 Å². The molecule has 0 saturated heterocycles. The molecule has 0 fully saturated rings. The first-order chi connectivity index (χ1) is 9.80. The highest BCUT2D eigenvalue weighted by molar-refractivity contribution is 5.68. The van der Waals surface area contributed by atoms with Crippen molar-refractivity contribution in [2.45, 2.75) is 52.4 Å². The number of ether oxygens (including phenoxy) is 1. The molecule has 0 aromatic carbocycles. The molecule has 2 N–H and O–H groups in total. The van der Waals surface area contributed by atoms with E-state index in [1.54, 1.807) is 9.47 Å². The van der Waals surface area contributed by atoms with Crippen LogP contribution in [0.25, 0.3) is 0 Å². The fourth-order valence-electron chi connectivity index (χ4n) is 2.22. The summed E-state index contributed by atoms with van der Waals surface area (Å²) in [5.74, 6) is 0.561. The topological polar surface area (TPSA) is 90.4 Å². The van der Waals surface area contributed by atoms with Gasteiger partial charge in [-0.2, -0.15) is 0 Å². The maximum absolute atomic E-state index is 12.2. The number of rotatable bonds is 1. The van der Waals surface area contributed by atoms with Gasteiger partial charge in [-0.25, -0.2) is 9.78 Å². The summed E-state index contributed by atoms with van der Waals surface area (Å²) in [5, 5.41) is 0. The summed E-state index contributed by atoms with van der Waals surface area (Å²) >= 11 is 0. The highest BCUT2D eigenvalue weighted by Crippen LogP contribution is 2.14. The molecule has 7 heteroatoms. The van der Waals surface area contributed by atoms with Crippen LogP contribution in [0.1, 0.15) is 38.7 Å². The van der Waals surface area contributed by atoms with Crippen LogP contribution in [0.5, 0.6) is 0 Å². The third-order valence-electron chi connectivity index (χ3n) is 3.14. The van der Waals surface area contributed by atoms with Gasteiger partial charge in [-0.15, -0.1) is 0 Å². The van der Waals surface area contributed by atoms with E-state index in [1.165, 1.54) is 6.07 Å². The lowest BCUT2D eigenvalue weighted by atomic mass is 10.2. The Labute approximate surface area is 123 Å². The second-order valence-corrected chi connectivity index (χ2v) is 6.11. The molecule has 2 heterocycles. The van der Waals surface area contributed by atoms with Crippen LogP contribution >= 0.6 is 0 Å². The summed E-state index contributed by atoms with van der Waals surface area (Å²) in [5.41, 5.74) is 5.43. The number of carbonyl (C=O) groups is 1. The molecule has 0 spiro atoms. The second-order valence-electron chi connectivity index (χ2n) is 6.11. The van der Waals surface area contributed by atoms with Gasteiger partial charge in [0.05, 0.1) is 12.2 Å². The van der Waals surface area contributed by atoms with Crippen LogP contribution in [0.4, 0.5) is 4.79 Å². The minimum Gasteiger partial charge on any atom is -0.444 e. The number of aromatic nitrogens is 2. The van der Waals surface area contributed by atoms with Crippen LogP contribution in [0.2, 0.25) is 0 Å². The van der Waals surface area contributed by atoms with Gasteiger partial charge in [-0.05, 0) is 27.2 Å². The molecular formula is C14H22N4O3. The number of amides is 1. The first-order valence-electron chi connectivity index (χ1n) is 7.08. The maximum Gasteiger partial charge on any atom is 0.410 e. The Balaban J connectivity index is 2.26. The molecule has 116 valence electrons. The van der Waals surface area contributed by atoms with Gasteiger partial charge >= 0.3 is 6.09 Å². The average Bonchev–Trinajstić information content (AvgIpc) is 2.59. The van der Waals surface area contributed by atoms with E-state index >= 15 is 0 Å². The Morgan fingerprint density at radius 2 is 2.14 bits per heavy atom. The van der Waals surface area contributed by atoms with Crippen LogP contribution in [-0.2, 0) is 24.4 Å². The van der Waals surface area contributed by atoms with Gasteiger partial charge in [-0.1, -0.05) is 0 Å². The van der Waals surface area contributed by atoms with Crippen molar-refractivity contribution in [3.05, 3.63) is 27.9 Å². The summed E-state index contributed by atoms with van der Waals surface area (Å²) in [7, 11) is 0. The lowest BCUT2D eigenvalue weighted by Gasteiger charge is -2.26. The standard InChI is InChI=1S/C14H22N4O3/c1-14(2,3)21-13(20)17-5-4-6-18-11(9-17)16-10(8-15)7-12(18)19/h7H,4-6,8-9,15H2,1-3H3. The van der Waals surface area contributed by atoms with E-state index in [0.717, 1.165) is 0 Å². The van der Waals surface area contributed by atoms with Crippen LogP contribution < -0.4 is 11.3 Å².